The molecule has 0 aromatic carbocycles. The third kappa shape index (κ3) is 6.42. The summed E-state index contributed by atoms with van der Waals surface area (Å²) in [7, 11) is 1.61. The Morgan fingerprint density at radius 2 is 1.98 bits per heavy atom. The highest BCUT2D eigenvalue weighted by Crippen LogP contribution is 2.40. The van der Waals surface area contributed by atoms with Gasteiger partial charge in [0, 0.05) is 30.3 Å². The molecule has 0 saturated carbocycles. The highest BCUT2D eigenvalue weighted by atomic mass is 32.2. The molecule has 230 valence electrons. The molecule has 4 rings (SSSR count). The second kappa shape index (κ2) is 11.9. The number of amides is 2. The molecule has 0 radical (unpaired) electrons. The lowest BCUT2D eigenvalue weighted by Gasteiger charge is -2.49. The van der Waals surface area contributed by atoms with Crippen molar-refractivity contribution in [3.8, 4) is 5.75 Å². The number of carboxylic acid groups (broad SMARTS) is 2. The summed E-state index contributed by atoms with van der Waals surface area (Å²) in [5, 5.41) is 45.7. The van der Waals surface area contributed by atoms with Gasteiger partial charge in [-0.2, -0.15) is 4.73 Å². The Labute approximate surface area is 250 Å². The molecule has 7 N–H and O–H groups in total. The van der Waals surface area contributed by atoms with E-state index in [2.05, 4.69) is 15.5 Å². The number of carbonyl (C=O) groups is 4. The standard InChI is InChI=1S/C24H27N7O10S2/c1-24(2,22(38)39)41-28-15(12-9-43-23(25)26-12)18(34)27-16-19(35)31-17(21(36)37)10(8-42-20(16)31)5-29(3)6-11-4-13(32)14(33)7-30(11)40/h4,7,9,16,20,33,40H,5-6,8H2,1-3H3,(H2,25,26)(H,27,34)(H,36,37)(H,38,39). The van der Waals surface area contributed by atoms with Crippen molar-refractivity contribution in [2.24, 2.45) is 5.16 Å². The second-order valence-electron chi connectivity index (χ2n) is 10.1. The van der Waals surface area contributed by atoms with Crippen LogP contribution in [0.1, 0.15) is 25.2 Å². The number of hydrogen-bond acceptors (Lipinski definition) is 14. The van der Waals surface area contributed by atoms with Gasteiger partial charge >= 0.3 is 11.9 Å². The molecule has 0 bridgehead atoms. The summed E-state index contributed by atoms with van der Waals surface area (Å²) in [6.07, 6.45) is 0.848. The van der Waals surface area contributed by atoms with Crippen molar-refractivity contribution in [2.45, 2.75) is 37.4 Å². The SMILES string of the molecule is CN(CC1=C(C(=O)O)N2C(=O)C(NC(=O)C(=NOC(C)(C)C(=O)O)c3csc(N)n3)C2SC1)Cc1cc(=O)c(O)cn1O. The number of aromatic hydroxyl groups is 1. The molecule has 2 atom stereocenters. The lowest BCUT2D eigenvalue weighted by Crippen LogP contribution is -2.71. The number of anilines is 1. The fraction of sp³-hybridized carbons (Fsp3) is 0.375. The molecule has 2 aliphatic rings. The Morgan fingerprint density at radius 3 is 2.58 bits per heavy atom. The lowest BCUT2D eigenvalue weighted by molar-refractivity contribution is -0.161. The number of fused-ring (bicyclic) bond motifs is 1. The summed E-state index contributed by atoms with van der Waals surface area (Å²) in [5.74, 6) is -4.79. The van der Waals surface area contributed by atoms with Crippen LogP contribution in [-0.4, -0.2) is 106 Å². The minimum absolute atomic E-state index is 0.00709. The number of nitrogens with one attached hydrogen (secondary N) is 1. The summed E-state index contributed by atoms with van der Waals surface area (Å²) in [5.41, 5.74) is 3.00. The van der Waals surface area contributed by atoms with E-state index in [9.17, 15) is 44.5 Å². The fourth-order valence-corrected chi connectivity index (χ4v) is 6.03. The molecule has 2 aliphatic heterocycles. The number of likely N-dealkylation sites (N-methyl/N-ethyl adjacent to an activating group) is 1. The summed E-state index contributed by atoms with van der Waals surface area (Å²) < 4.78 is 0.586. The van der Waals surface area contributed by atoms with Gasteiger partial charge in [0.2, 0.25) is 11.0 Å². The molecule has 2 amide bonds. The minimum atomic E-state index is -1.79. The Kier molecular flexibility index (Phi) is 8.69. The number of aromatic nitrogens is 2. The van der Waals surface area contributed by atoms with Crippen LogP contribution in [0.3, 0.4) is 0 Å². The van der Waals surface area contributed by atoms with Crippen LogP contribution in [0.5, 0.6) is 5.75 Å². The number of thioether (sulfide) groups is 1. The van der Waals surface area contributed by atoms with E-state index in [-0.39, 0.29) is 41.1 Å². The summed E-state index contributed by atoms with van der Waals surface area (Å²) in [6, 6.07) is -0.0952. The van der Waals surface area contributed by atoms with Crippen LogP contribution in [0, 0.1) is 0 Å². The number of carboxylic acids is 2. The van der Waals surface area contributed by atoms with Crippen LogP contribution in [0.15, 0.2) is 38.9 Å². The van der Waals surface area contributed by atoms with E-state index in [1.807, 2.05) is 0 Å². The Bertz CT molecular complexity index is 1620. The average molecular weight is 638 g/mol. The van der Waals surface area contributed by atoms with Gasteiger partial charge in [-0.05, 0) is 26.5 Å². The topological polar surface area (TPSA) is 250 Å². The van der Waals surface area contributed by atoms with Crippen LogP contribution >= 0.6 is 23.1 Å². The largest absolute Gasteiger partial charge is 0.503 e. The number of oxime groups is 1. The fourth-order valence-electron chi connectivity index (χ4n) is 4.14. The van der Waals surface area contributed by atoms with Gasteiger partial charge in [0.1, 0.15) is 22.8 Å². The number of nitrogen functional groups attached to an aromatic ring is 1. The monoisotopic (exact) mass is 637 g/mol. The molecule has 1 fully saturated rings. The van der Waals surface area contributed by atoms with Crippen molar-refractivity contribution >= 4 is 57.7 Å². The summed E-state index contributed by atoms with van der Waals surface area (Å²) in [4.78, 5) is 73.6. The first kappa shape index (κ1) is 31.3. The lowest BCUT2D eigenvalue weighted by atomic mass is 10.0. The Balaban J connectivity index is 1.51. The van der Waals surface area contributed by atoms with Crippen molar-refractivity contribution < 1.29 is 44.5 Å². The molecule has 2 aromatic rings. The van der Waals surface area contributed by atoms with Gasteiger partial charge in [-0.1, -0.05) is 5.16 Å². The van der Waals surface area contributed by atoms with Gasteiger partial charge < -0.3 is 36.4 Å². The Hall–Kier alpha value is -4.62. The van der Waals surface area contributed by atoms with Crippen molar-refractivity contribution in [2.75, 3.05) is 25.1 Å². The van der Waals surface area contributed by atoms with E-state index in [1.54, 1.807) is 11.9 Å². The first-order valence-electron chi connectivity index (χ1n) is 12.3. The predicted octanol–water partition coefficient (Wildman–Crippen LogP) is -0.716. The molecule has 0 spiro atoms. The van der Waals surface area contributed by atoms with Crippen molar-refractivity contribution in [1.82, 2.24) is 24.8 Å². The molecule has 17 nitrogen and oxygen atoms in total. The predicted molar refractivity (Wildman–Crippen MR) is 151 cm³/mol. The molecular weight excluding hydrogens is 610 g/mol. The van der Waals surface area contributed by atoms with Gasteiger partial charge in [0.25, 0.3) is 11.8 Å². The number of pyridine rings is 1. The van der Waals surface area contributed by atoms with Gasteiger partial charge in [-0.3, -0.25) is 24.2 Å². The third-order valence-electron chi connectivity index (χ3n) is 6.38. The van der Waals surface area contributed by atoms with Crippen LogP contribution in [0.2, 0.25) is 0 Å². The molecule has 1 saturated heterocycles. The van der Waals surface area contributed by atoms with Crippen molar-refractivity contribution in [1.29, 1.82) is 0 Å². The minimum Gasteiger partial charge on any atom is -0.503 e. The zero-order chi connectivity index (χ0) is 31.8. The van der Waals surface area contributed by atoms with E-state index in [1.165, 1.54) is 31.0 Å². The number of nitrogens with two attached hydrogens (primary N) is 1. The number of β-lactam (4-membered cyclic amide) rings is 1. The van der Waals surface area contributed by atoms with Crippen molar-refractivity contribution in [3.05, 3.63) is 50.5 Å². The highest BCUT2D eigenvalue weighted by Gasteiger charge is 2.54. The summed E-state index contributed by atoms with van der Waals surface area (Å²) >= 11 is 2.20. The van der Waals surface area contributed by atoms with Gasteiger partial charge in [0.05, 0.1) is 11.9 Å². The van der Waals surface area contributed by atoms with Crippen LogP contribution < -0.4 is 16.5 Å². The van der Waals surface area contributed by atoms with Gasteiger partial charge in [-0.15, -0.1) is 23.1 Å². The van der Waals surface area contributed by atoms with E-state index >= 15 is 0 Å². The number of hydrogen-bond donors (Lipinski definition) is 6. The molecule has 19 heteroatoms. The van der Waals surface area contributed by atoms with E-state index in [0.29, 0.717) is 10.3 Å². The molecule has 43 heavy (non-hydrogen) atoms. The van der Waals surface area contributed by atoms with E-state index < -0.39 is 57.7 Å². The number of rotatable bonds is 11. The van der Waals surface area contributed by atoms with E-state index in [4.69, 9.17) is 10.6 Å². The molecule has 0 aliphatic carbocycles. The molecule has 4 heterocycles. The number of aliphatic carboxylic acids is 2. The average Bonchev–Trinajstić information content (AvgIpc) is 3.35. The first-order valence-corrected chi connectivity index (χ1v) is 14.3. The molecule has 2 unspecified atom stereocenters. The molecule has 2 aromatic heterocycles. The zero-order valence-electron chi connectivity index (χ0n) is 22.9. The van der Waals surface area contributed by atoms with Gasteiger partial charge in [0.15, 0.2) is 16.6 Å². The Morgan fingerprint density at radius 1 is 1.28 bits per heavy atom. The normalized spacial score (nSPS) is 18.7. The van der Waals surface area contributed by atoms with Crippen molar-refractivity contribution in [3.63, 3.8) is 0 Å². The first-order chi connectivity index (χ1) is 20.1. The van der Waals surface area contributed by atoms with Crippen LogP contribution in [-0.2, 0) is 30.6 Å². The highest BCUT2D eigenvalue weighted by molar-refractivity contribution is 8.00. The number of carbonyl (C=O) groups excluding carboxylic acids is 2. The maximum atomic E-state index is 13.2. The maximum Gasteiger partial charge on any atom is 0.352 e. The maximum absolute atomic E-state index is 13.2. The number of thiazole rings is 1. The zero-order valence-corrected chi connectivity index (χ0v) is 24.5. The van der Waals surface area contributed by atoms with E-state index in [0.717, 1.165) is 28.5 Å². The number of nitrogens with zero attached hydrogens (tertiary/aromatic N) is 5. The van der Waals surface area contributed by atoms with Crippen LogP contribution in [0.25, 0.3) is 0 Å². The summed E-state index contributed by atoms with van der Waals surface area (Å²) in [6.45, 7) is 2.50. The smallest absolute Gasteiger partial charge is 0.352 e. The third-order valence-corrected chi connectivity index (χ3v) is 8.39. The van der Waals surface area contributed by atoms with Crippen LogP contribution in [0.4, 0.5) is 5.13 Å². The quantitative estimate of drug-likeness (QED) is 0.0770. The second-order valence-corrected chi connectivity index (χ2v) is 12.1. The van der Waals surface area contributed by atoms with Gasteiger partial charge in [-0.25, -0.2) is 14.6 Å². The molecular formula is C24H27N7O10S2.